The third kappa shape index (κ3) is 3.90. The van der Waals surface area contributed by atoms with Crippen molar-refractivity contribution < 1.29 is 9.13 Å². The summed E-state index contributed by atoms with van der Waals surface area (Å²) in [6.07, 6.45) is 5.36. The van der Waals surface area contributed by atoms with E-state index < -0.39 is 0 Å². The number of nitrogens with zero attached hydrogens (tertiary/aromatic N) is 6. The van der Waals surface area contributed by atoms with Crippen LogP contribution in [-0.4, -0.2) is 44.3 Å². The van der Waals surface area contributed by atoms with Gasteiger partial charge in [0, 0.05) is 12.6 Å². The van der Waals surface area contributed by atoms with Gasteiger partial charge >= 0.3 is 0 Å². The third-order valence-electron chi connectivity index (χ3n) is 4.72. The molecule has 146 valence electrons. The van der Waals surface area contributed by atoms with Crippen molar-refractivity contribution >= 4 is 16.9 Å². The summed E-state index contributed by atoms with van der Waals surface area (Å²) >= 11 is 0. The number of anilines is 1. The average Bonchev–Trinajstić information content (AvgIpc) is 3.11. The molecule has 1 aliphatic rings. The molecule has 2 N–H and O–H groups in total. The standard InChI is InChI=1S/C20H18FN7O/c21-14-4-1-6-16(10-14)29-9-3-7-17-18-19(23)24-13-25-20(18)28(26-17)15-5-2-8-27(11-15)12-22/h1,4,6,10,13,15H,2,5,8-9,11H2,(H2,23,24,25). The van der Waals surface area contributed by atoms with Crippen LogP contribution in [0.15, 0.2) is 30.6 Å². The summed E-state index contributed by atoms with van der Waals surface area (Å²) in [5, 5.41) is 14.4. The minimum atomic E-state index is -0.371. The second kappa shape index (κ2) is 8.03. The largest absolute Gasteiger partial charge is 0.481 e. The first-order valence-electron chi connectivity index (χ1n) is 9.16. The molecule has 8 nitrogen and oxygen atoms in total. The van der Waals surface area contributed by atoms with E-state index in [-0.39, 0.29) is 18.5 Å². The van der Waals surface area contributed by atoms with Gasteiger partial charge in [-0.05, 0) is 30.9 Å². The Labute approximate surface area is 166 Å². The topological polar surface area (TPSA) is 106 Å². The maximum absolute atomic E-state index is 13.2. The number of piperidine rings is 1. The van der Waals surface area contributed by atoms with E-state index in [1.54, 1.807) is 21.7 Å². The first kappa shape index (κ1) is 18.5. The zero-order valence-electron chi connectivity index (χ0n) is 15.5. The van der Waals surface area contributed by atoms with E-state index in [9.17, 15) is 9.65 Å². The van der Waals surface area contributed by atoms with Crippen LogP contribution >= 0.6 is 0 Å². The molecular formula is C20H18FN7O. The average molecular weight is 391 g/mol. The number of hydrogen-bond acceptors (Lipinski definition) is 7. The van der Waals surface area contributed by atoms with Gasteiger partial charge < -0.3 is 15.4 Å². The van der Waals surface area contributed by atoms with Crippen LogP contribution in [0.1, 0.15) is 24.6 Å². The monoisotopic (exact) mass is 391 g/mol. The van der Waals surface area contributed by atoms with Crippen LogP contribution in [0.3, 0.4) is 0 Å². The van der Waals surface area contributed by atoms with Crippen molar-refractivity contribution in [3.8, 4) is 23.8 Å². The van der Waals surface area contributed by atoms with Gasteiger partial charge in [-0.1, -0.05) is 12.0 Å². The summed E-state index contributed by atoms with van der Waals surface area (Å²) in [6.45, 7) is 1.37. The van der Waals surface area contributed by atoms with Gasteiger partial charge in [-0.25, -0.2) is 19.0 Å². The highest BCUT2D eigenvalue weighted by molar-refractivity contribution is 5.90. The number of aromatic nitrogens is 4. The molecule has 1 atom stereocenters. The fraction of sp³-hybridized carbons (Fsp3) is 0.300. The van der Waals surface area contributed by atoms with Crippen molar-refractivity contribution in [3.63, 3.8) is 0 Å². The smallest absolute Gasteiger partial charge is 0.179 e. The van der Waals surface area contributed by atoms with Gasteiger partial charge in [0.15, 0.2) is 11.8 Å². The van der Waals surface area contributed by atoms with Crippen LogP contribution < -0.4 is 10.5 Å². The molecular weight excluding hydrogens is 373 g/mol. The Morgan fingerprint density at radius 3 is 3.07 bits per heavy atom. The molecule has 9 heteroatoms. The fourth-order valence-corrected chi connectivity index (χ4v) is 3.38. The Bertz CT molecular complexity index is 1140. The number of nitrogens with two attached hydrogens (primary N) is 1. The van der Waals surface area contributed by atoms with E-state index in [1.807, 2.05) is 0 Å². The molecule has 3 heterocycles. The summed E-state index contributed by atoms with van der Waals surface area (Å²) in [5.41, 5.74) is 7.11. The van der Waals surface area contributed by atoms with Crippen molar-refractivity contribution in [2.24, 2.45) is 0 Å². The number of hydrogen-bond donors (Lipinski definition) is 1. The third-order valence-corrected chi connectivity index (χ3v) is 4.72. The van der Waals surface area contributed by atoms with Crippen molar-refractivity contribution in [2.45, 2.75) is 18.9 Å². The van der Waals surface area contributed by atoms with Crippen molar-refractivity contribution in [1.29, 1.82) is 5.26 Å². The molecule has 3 aromatic rings. The summed E-state index contributed by atoms with van der Waals surface area (Å²) < 4.78 is 20.4. The van der Waals surface area contributed by atoms with Gasteiger partial charge in [0.25, 0.3) is 0 Å². The summed E-state index contributed by atoms with van der Waals surface area (Å²) in [7, 11) is 0. The highest BCUT2D eigenvalue weighted by Gasteiger charge is 2.25. The van der Waals surface area contributed by atoms with Gasteiger partial charge in [0.1, 0.15) is 36.0 Å². The zero-order chi connectivity index (χ0) is 20.2. The molecule has 1 aliphatic heterocycles. The van der Waals surface area contributed by atoms with Crippen molar-refractivity contribution in [1.82, 2.24) is 24.6 Å². The lowest BCUT2D eigenvalue weighted by atomic mass is 10.1. The Morgan fingerprint density at radius 2 is 2.24 bits per heavy atom. The number of fused-ring (bicyclic) bond motifs is 1. The number of nitrogen functional groups attached to an aromatic ring is 1. The molecule has 0 bridgehead atoms. The first-order valence-corrected chi connectivity index (χ1v) is 9.16. The SMILES string of the molecule is N#CN1CCCC(n2nc(C#CCOc3cccc(F)c3)c3c(N)ncnc32)C1. The van der Waals surface area contributed by atoms with Gasteiger partial charge in [-0.2, -0.15) is 10.4 Å². The van der Waals surface area contributed by atoms with Crippen LogP contribution in [-0.2, 0) is 0 Å². The number of ether oxygens (including phenoxy) is 1. The number of likely N-dealkylation sites (tertiary alicyclic amines) is 1. The Hall–Kier alpha value is -3.85. The molecule has 1 fully saturated rings. The minimum Gasteiger partial charge on any atom is -0.481 e. The van der Waals surface area contributed by atoms with Gasteiger partial charge in [0.2, 0.25) is 0 Å². The molecule has 0 aliphatic carbocycles. The number of benzene rings is 1. The van der Waals surface area contributed by atoms with Gasteiger partial charge in [-0.15, -0.1) is 0 Å². The molecule has 0 spiro atoms. The maximum atomic E-state index is 13.2. The van der Waals surface area contributed by atoms with E-state index >= 15 is 0 Å². The minimum absolute atomic E-state index is 0.000654. The molecule has 0 saturated carbocycles. The van der Waals surface area contributed by atoms with Crippen LogP contribution in [0.25, 0.3) is 11.0 Å². The van der Waals surface area contributed by atoms with Crippen LogP contribution in [0.4, 0.5) is 10.2 Å². The molecule has 0 radical (unpaired) electrons. The molecule has 0 amide bonds. The van der Waals surface area contributed by atoms with E-state index in [0.717, 1.165) is 19.4 Å². The predicted octanol–water partition coefficient (Wildman–Crippen LogP) is 2.10. The molecule has 4 rings (SSSR count). The summed E-state index contributed by atoms with van der Waals surface area (Å²) in [6, 6.07) is 5.87. The normalized spacial score (nSPS) is 16.1. The zero-order valence-corrected chi connectivity index (χ0v) is 15.5. The van der Waals surface area contributed by atoms with Gasteiger partial charge in [0.05, 0.1) is 18.0 Å². The Kier molecular flexibility index (Phi) is 5.12. The summed E-state index contributed by atoms with van der Waals surface area (Å²) in [4.78, 5) is 10.1. The lowest BCUT2D eigenvalue weighted by molar-refractivity contribution is 0.236. The van der Waals surface area contributed by atoms with Crippen LogP contribution in [0, 0.1) is 29.1 Å². The quantitative estimate of drug-likeness (QED) is 0.538. The Morgan fingerprint density at radius 1 is 1.34 bits per heavy atom. The molecule has 1 saturated heterocycles. The van der Waals surface area contributed by atoms with Crippen LogP contribution in [0.2, 0.25) is 0 Å². The Balaban J connectivity index is 1.61. The van der Waals surface area contributed by atoms with E-state index in [0.29, 0.717) is 34.8 Å². The summed E-state index contributed by atoms with van der Waals surface area (Å²) in [5.74, 6) is 6.16. The lowest BCUT2D eigenvalue weighted by Crippen LogP contribution is -2.33. The van der Waals surface area contributed by atoms with E-state index in [1.165, 1.54) is 18.5 Å². The number of nitriles is 1. The number of halogens is 1. The van der Waals surface area contributed by atoms with Crippen molar-refractivity contribution in [3.05, 3.63) is 42.1 Å². The van der Waals surface area contributed by atoms with Gasteiger partial charge in [-0.3, -0.25) is 0 Å². The molecule has 1 aromatic carbocycles. The lowest BCUT2D eigenvalue weighted by Gasteiger charge is -2.28. The first-order chi connectivity index (χ1) is 14.2. The molecule has 2 aromatic heterocycles. The van der Waals surface area contributed by atoms with Crippen LogP contribution in [0.5, 0.6) is 5.75 Å². The number of rotatable bonds is 3. The van der Waals surface area contributed by atoms with Crippen molar-refractivity contribution in [2.75, 3.05) is 25.4 Å². The molecule has 29 heavy (non-hydrogen) atoms. The van der Waals surface area contributed by atoms with E-state index in [4.69, 9.17) is 10.5 Å². The predicted molar refractivity (Wildman–Crippen MR) is 104 cm³/mol. The second-order valence-corrected chi connectivity index (χ2v) is 6.64. The second-order valence-electron chi connectivity index (χ2n) is 6.64. The highest BCUT2D eigenvalue weighted by atomic mass is 19.1. The van der Waals surface area contributed by atoms with E-state index in [2.05, 4.69) is 33.1 Å². The maximum Gasteiger partial charge on any atom is 0.179 e. The fourth-order valence-electron chi connectivity index (χ4n) is 3.38. The molecule has 1 unspecified atom stereocenters. The highest BCUT2D eigenvalue weighted by Crippen LogP contribution is 2.27.